The standard InChI is InChI=1S/C23H24F3N3O2S/c1-23(2,3)31-22(30)28-19-11-29-20-7-12(32-4)5-6-18(20)27-21(29)9-14(19)13-8-16(25)17(26)10-15(13)24/h5-8,10,14,19H,9,11H2,1-4H3,(H,28,30). The van der Waals surface area contributed by atoms with Crippen LogP contribution in [0.15, 0.2) is 35.2 Å². The van der Waals surface area contributed by atoms with E-state index < -0.39 is 41.1 Å². The molecule has 0 spiro atoms. The second kappa shape index (κ2) is 8.35. The van der Waals surface area contributed by atoms with Crippen LogP contribution in [0.3, 0.4) is 0 Å². The van der Waals surface area contributed by atoms with Gasteiger partial charge in [-0.1, -0.05) is 0 Å². The fourth-order valence-electron chi connectivity index (χ4n) is 4.06. The molecule has 1 aromatic heterocycles. The van der Waals surface area contributed by atoms with Crippen molar-refractivity contribution in [3.8, 4) is 0 Å². The van der Waals surface area contributed by atoms with Gasteiger partial charge in [-0.2, -0.15) is 0 Å². The Bertz CT molecular complexity index is 1190. The van der Waals surface area contributed by atoms with Gasteiger partial charge in [0, 0.05) is 29.8 Å². The smallest absolute Gasteiger partial charge is 0.407 e. The SMILES string of the molecule is CSc1ccc2nc3n(c2c1)CC(NC(=O)OC(C)(C)C)C(c1cc(F)c(F)cc1F)C3. The zero-order valence-corrected chi connectivity index (χ0v) is 19.0. The largest absolute Gasteiger partial charge is 0.444 e. The number of alkyl carbamates (subject to hydrolysis) is 1. The van der Waals surface area contributed by atoms with E-state index in [0.717, 1.165) is 22.0 Å². The number of imidazole rings is 1. The van der Waals surface area contributed by atoms with Crippen LogP contribution in [-0.4, -0.2) is 33.5 Å². The first-order valence-corrected chi connectivity index (χ1v) is 11.5. The normalized spacial score (nSPS) is 18.5. The quantitative estimate of drug-likeness (QED) is 0.417. The minimum atomic E-state index is -1.25. The van der Waals surface area contributed by atoms with Gasteiger partial charge in [0.05, 0.1) is 17.1 Å². The molecule has 170 valence electrons. The number of hydrogen-bond acceptors (Lipinski definition) is 4. The molecule has 32 heavy (non-hydrogen) atoms. The van der Waals surface area contributed by atoms with E-state index in [2.05, 4.69) is 10.3 Å². The molecule has 2 aromatic carbocycles. The van der Waals surface area contributed by atoms with Crippen LogP contribution in [0.5, 0.6) is 0 Å². The minimum absolute atomic E-state index is 0.00642. The molecule has 1 amide bonds. The molecule has 0 saturated carbocycles. The Morgan fingerprint density at radius 3 is 2.56 bits per heavy atom. The summed E-state index contributed by atoms with van der Waals surface area (Å²) in [5, 5.41) is 2.81. The van der Waals surface area contributed by atoms with E-state index in [1.165, 1.54) is 0 Å². The highest BCUT2D eigenvalue weighted by Gasteiger charge is 2.36. The number of benzene rings is 2. The second-order valence-corrected chi connectivity index (χ2v) is 9.72. The van der Waals surface area contributed by atoms with Crippen molar-refractivity contribution in [3.63, 3.8) is 0 Å². The van der Waals surface area contributed by atoms with Crippen LogP contribution < -0.4 is 5.32 Å². The molecule has 0 bridgehead atoms. The topological polar surface area (TPSA) is 56.2 Å². The summed E-state index contributed by atoms with van der Waals surface area (Å²) in [5.41, 5.74) is 0.946. The fourth-order valence-corrected chi connectivity index (χ4v) is 4.49. The molecule has 2 heterocycles. The molecule has 4 rings (SSSR count). The highest BCUT2D eigenvalue weighted by atomic mass is 32.2. The number of carbonyl (C=O) groups excluding carboxylic acids is 1. The average Bonchev–Trinajstić information content (AvgIpc) is 3.05. The van der Waals surface area contributed by atoms with Gasteiger partial charge in [0.25, 0.3) is 0 Å². The number of ether oxygens (including phenoxy) is 1. The summed E-state index contributed by atoms with van der Waals surface area (Å²) in [7, 11) is 0. The number of fused-ring (bicyclic) bond motifs is 3. The molecule has 1 aliphatic heterocycles. The maximum Gasteiger partial charge on any atom is 0.407 e. The molecule has 5 nitrogen and oxygen atoms in total. The van der Waals surface area contributed by atoms with Gasteiger partial charge in [-0.3, -0.25) is 0 Å². The maximum absolute atomic E-state index is 14.7. The summed E-state index contributed by atoms with van der Waals surface area (Å²) >= 11 is 1.60. The van der Waals surface area contributed by atoms with Crippen molar-refractivity contribution in [2.45, 2.75) is 56.2 Å². The Hall–Kier alpha value is -2.68. The van der Waals surface area contributed by atoms with E-state index in [1.54, 1.807) is 32.5 Å². The number of nitrogens with zero attached hydrogens (tertiary/aromatic N) is 2. The number of hydrogen-bond donors (Lipinski definition) is 1. The zero-order chi connectivity index (χ0) is 23.2. The number of carbonyl (C=O) groups is 1. The number of rotatable bonds is 3. The van der Waals surface area contributed by atoms with E-state index in [-0.39, 0.29) is 18.5 Å². The summed E-state index contributed by atoms with van der Waals surface area (Å²) in [5.74, 6) is -3.22. The van der Waals surface area contributed by atoms with E-state index in [4.69, 9.17) is 4.74 Å². The van der Waals surface area contributed by atoms with Crippen LogP contribution in [-0.2, 0) is 17.7 Å². The van der Waals surface area contributed by atoms with Crippen molar-refractivity contribution in [1.29, 1.82) is 0 Å². The van der Waals surface area contributed by atoms with Gasteiger partial charge in [0.15, 0.2) is 11.6 Å². The third-order valence-corrected chi connectivity index (χ3v) is 6.17. The van der Waals surface area contributed by atoms with Crippen LogP contribution >= 0.6 is 11.8 Å². The Balaban J connectivity index is 1.77. The summed E-state index contributed by atoms with van der Waals surface area (Å²) in [4.78, 5) is 18.3. The van der Waals surface area contributed by atoms with Crippen LogP contribution in [0.25, 0.3) is 11.0 Å². The van der Waals surface area contributed by atoms with Gasteiger partial charge in [-0.05, 0) is 56.9 Å². The van der Waals surface area contributed by atoms with Crippen molar-refractivity contribution >= 4 is 28.9 Å². The van der Waals surface area contributed by atoms with Gasteiger partial charge in [-0.15, -0.1) is 11.8 Å². The molecule has 0 fully saturated rings. The first-order chi connectivity index (χ1) is 15.1. The summed E-state index contributed by atoms with van der Waals surface area (Å²) in [6, 6.07) is 6.68. The van der Waals surface area contributed by atoms with Crippen LogP contribution in [0.1, 0.15) is 38.1 Å². The number of thioether (sulfide) groups is 1. The first-order valence-electron chi connectivity index (χ1n) is 10.2. The van der Waals surface area contributed by atoms with Gasteiger partial charge >= 0.3 is 6.09 Å². The minimum Gasteiger partial charge on any atom is -0.444 e. The third kappa shape index (κ3) is 4.44. The van der Waals surface area contributed by atoms with Crippen LogP contribution in [0.2, 0.25) is 0 Å². The molecule has 1 aliphatic rings. The Morgan fingerprint density at radius 2 is 1.88 bits per heavy atom. The lowest BCUT2D eigenvalue weighted by Crippen LogP contribution is -2.47. The van der Waals surface area contributed by atoms with E-state index in [0.29, 0.717) is 11.9 Å². The highest BCUT2D eigenvalue weighted by molar-refractivity contribution is 7.98. The Labute approximate surface area is 188 Å². The maximum atomic E-state index is 14.7. The summed E-state index contributed by atoms with van der Waals surface area (Å²) in [6.07, 6.45) is 1.56. The van der Waals surface area contributed by atoms with Crippen LogP contribution in [0, 0.1) is 17.5 Å². The van der Waals surface area contributed by atoms with E-state index in [1.807, 2.05) is 29.0 Å². The van der Waals surface area contributed by atoms with E-state index >= 15 is 0 Å². The zero-order valence-electron chi connectivity index (χ0n) is 18.2. The fraction of sp³-hybridized carbons (Fsp3) is 0.391. The summed E-state index contributed by atoms with van der Waals surface area (Å²) in [6.45, 7) is 5.51. The van der Waals surface area contributed by atoms with Crippen molar-refractivity contribution < 1.29 is 22.7 Å². The molecule has 0 radical (unpaired) electrons. The van der Waals surface area contributed by atoms with Crippen molar-refractivity contribution in [2.24, 2.45) is 0 Å². The lowest BCUT2D eigenvalue weighted by Gasteiger charge is -2.34. The van der Waals surface area contributed by atoms with Crippen molar-refractivity contribution in [2.75, 3.05) is 6.26 Å². The number of aromatic nitrogens is 2. The first kappa shape index (κ1) is 22.5. The molecular weight excluding hydrogens is 439 g/mol. The lowest BCUT2D eigenvalue weighted by molar-refractivity contribution is 0.0485. The van der Waals surface area contributed by atoms with Crippen LogP contribution in [0.4, 0.5) is 18.0 Å². The van der Waals surface area contributed by atoms with Crippen molar-refractivity contribution in [3.05, 3.63) is 59.2 Å². The molecule has 2 atom stereocenters. The molecular formula is C23H24F3N3O2S. The average molecular weight is 464 g/mol. The Morgan fingerprint density at radius 1 is 1.16 bits per heavy atom. The molecule has 2 unspecified atom stereocenters. The van der Waals surface area contributed by atoms with Gasteiger partial charge < -0.3 is 14.6 Å². The number of amides is 1. The third-order valence-electron chi connectivity index (χ3n) is 5.44. The van der Waals surface area contributed by atoms with Gasteiger partial charge in [0.1, 0.15) is 17.2 Å². The highest BCUT2D eigenvalue weighted by Crippen LogP contribution is 2.35. The predicted molar refractivity (Wildman–Crippen MR) is 117 cm³/mol. The second-order valence-electron chi connectivity index (χ2n) is 8.84. The molecule has 0 saturated heterocycles. The van der Waals surface area contributed by atoms with Gasteiger partial charge in [-0.25, -0.2) is 22.9 Å². The molecule has 9 heteroatoms. The molecule has 0 aliphatic carbocycles. The van der Waals surface area contributed by atoms with E-state index in [9.17, 15) is 18.0 Å². The molecule has 3 aromatic rings. The van der Waals surface area contributed by atoms with Crippen molar-refractivity contribution in [1.82, 2.24) is 14.9 Å². The number of nitrogens with one attached hydrogen (secondary N) is 1. The van der Waals surface area contributed by atoms with Gasteiger partial charge in [0.2, 0.25) is 0 Å². The predicted octanol–water partition coefficient (Wildman–Crippen LogP) is 5.41. The summed E-state index contributed by atoms with van der Waals surface area (Å²) < 4.78 is 49.6. The monoisotopic (exact) mass is 463 g/mol. The molecule has 1 N–H and O–H groups in total. The lowest BCUT2D eigenvalue weighted by atomic mass is 9.85. The number of halogens is 3. The Kier molecular flexibility index (Phi) is 5.87.